The molecule has 0 bridgehead atoms. The van der Waals surface area contributed by atoms with Gasteiger partial charge in [-0.3, -0.25) is 0 Å². The van der Waals surface area contributed by atoms with E-state index in [1.165, 1.54) is 11.3 Å². The second kappa shape index (κ2) is 3.29. The number of aryl methyl sites for hydroxylation is 1. The normalized spacial score (nSPS) is 10.7. The van der Waals surface area contributed by atoms with E-state index in [0.717, 1.165) is 15.6 Å². The predicted octanol–water partition coefficient (Wildman–Crippen LogP) is 3.20. The SMILES string of the molecule is Cc1ccc2sc(C(=O)O)c(S)c2c1. The average Bonchev–Trinajstić information content (AvgIpc) is 2.44. The highest BCUT2D eigenvalue weighted by Gasteiger charge is 2.14. The lowest BCUT2D eigenvalue weighted by molar-refractivity contribution is 0.0699. The molecule has 0 fully saturated rings. The van der Waals surface area contributed by atoms with E-state index < -0.39 is 5.97 Å². The van der Waals surface area contributed by atoms with Crippen LogP contribution in [0.1, 0.15) is 15.2 Å². The zero-order valence-electron chi connectivity index (χ0n) is 7.44. The van der Waals surface area contributed by atoms with Gasteiger partial charge < -0.3 is 5.11 Å². The highest BCUT2D eigenvalue weighted by Crippen LogP contribution is 2.34. The summed E-state index contributed by atoms with van der Waals surface area (Å²) < 4.78 is 0.970. The molecule has 0 atom stereocenters. The Balaban J connectivity index is 2.80. The van der Waals surface area contributed by atoms with Crippen molar-refractivity contribution in [2.45, 2.75) is 11.8 Å². The summed E-state index contributed by atoms with van der Waals surface area (Å²) in [6, 6.07) is 5.86. The molecule has 4 heteroatoms. The van der Waals surface area contributed by atoms with Crippen molar-refractivity contribution in [2.75, 3.05) is 0 Å². The number of rotatable bonds is 1. The van der Waals surface area contributed by atoms with Crippen molar-refractivity contribution in [1.29, 1.82) is 0 Å². The Labute approximate surface area is 90.6 Å². The maximum Gasteiger partial charge on any atom is 0.347 e. The molecule has 2 aromatic rings. The van der Waals surface area contributed by atoms with Gasteiger partial charge in [0.25, 0.3) is 0 Å². The van der Waals surface area contributed by atoms with Gasteiger partial charge in [0.15, 0.2) is 0 Å². The highest BCUT2D eigenvalue weighted by atomic mass is 32.1. The molecular weight excluding hydrogens is 216 g/mol. The fourth-order valence-corrected chi connectivity index (χ4v) is 2.76. The number of carboxylic acid groups (broad SMARTS) is 1. The van der Waals surface area contributed by atoms with E-state index in [1.807, 2.05) is 25.1 Å². The van der Waals surface area contributed by atoms with E-state index in [2.05, 4.69) is 12.6 Å². The molecule has 0 aliphatic carbocycles. The molecular formula is C10H8O2S2. The van der Waals surface area contributed by atoms with Crippen molar-refractivity contribution in [1.82, 2.24) is 0 Å². The van der Waals surface area contributed by atoms with Crippen molar-refractivity contribution >= 4 is 40.0 Å². The van der Waals surface area contributed by atoms with Gasteiger partial charge in [0, 0.05) is 15.0 Å². The molecule has 72 valence electrons. The number of hydrogen-bond donors (Lipinski definition) is 2. The number of carboxylic acids is 1. The van der Waals surface area contributed by atoms with Crippen LogP contribution in [0, 0.1) is 6.92 Å². The maximum atomic E-state index is 10.8. The summed E-state index contributed by atoms with van der Waals surface area (Å²) in [5.41, 5.74) is 1.11. The van der Waals surface area contributed by atoms with E-state index in [-0.39, 0.29) is 0 Å². The van der Waals surface area contributed by atoms with Crippen LogP contribution in [0.2, 0.25) is 0 Å². The van der Waals surface area contributed by atoms with Crippen molar-refractivity contribution in [3.05, 3.63) is 28.6 Å². The first-order valence-electron chi connectivity index (χ1n) is 4.05. The Morgan fingerprint density at radius 1 is 1.50 bits per heavy atom. The van der Waals surface area contributed by atoms with Gasteiger partial charge in [-0.15, -0.1) is 24.0 Å². The number of fused-ring (bicyclic) bond motifs is 1. The quantitative estimate of drug-likeness (QED) is 0.730. The fraction of sp³-hybridized carbons (Fsp3) is 0.100. The van der Waals surface area contributed by atoms with Gasteiger partial charge in [0.05, 0.1) is 0 Å². The Morgan fingerprint density at radius 2 is 2.21 bits per heavy atom. The van der Waals surface area contributed by atoms with E-state index in [0.29, 0.717) is 9.77 Å². The Morgan fingerprint density at radius 3 is 2.86 bits per heavy atom. The van der Waals surface area contributed by atoms with E-state index >= 15 is 0 Å². The Hall–Kier alpha value is -1.000. The molecule has 0 saturated heterocycles. The first-order valence-corrected chi connectivity index (χ1v) is 5.31. The van der Waals surface area contributed by atoms with Crippen LogP contribution < -0.4 is 0 Å². The Bertz CT molecular complexity index is 514. The van der Waals surface area contributed by atoms with Crippen molar-refractivity contribution in [3.8, 4) is 0 Å². The van der Waals surface area contributed by atoms with Crippen LogP contribution in [0.25, 0.3) is 10.1 Å². The van der Waals surface area contributed by atoms with Gasteiger partial charge in [0.2, 0.25) is 0 Å². The van der Waals surface area contributed by atoms with Gasteiger partial charge in [-0.25, -0.2) is 4.79 Å². The molecule has 2 nitrogen and oxygen atoms in total. The van der Waals surface area contributed by atoms with E-state index in [4.69, 9.17) is 5.11 Å². The smallest absolute Gasteiger partial charge is 0.347 e. The molecule has 0 unspecified atom stereocenters. The lowest BCUT2D eigenvalue weighted by Gasteiger charge is -1.93. The molecule has 1 aromatic carbocycles. The lowest BCUT2D eigenvalue weighted by Crippen LogP contribution is -1.91. The zero-order chi connectivity index (χ0) is 10.3. The number of aromatic carboxylic acids is 1. The summed E-state index contributed by atoms with van der Waals surface area (Å²) in [4.78, 5) is 11.7. The van der Waals surface area contributed by atoms with Gasteiger partial charge in [0.1, 0.15) is 4.88 Å². The van der Waals surface area contributed by atoms with E-state index in [9.17, 15) is 4.79 Å². The highest BCUT2D eigenvalue weighted by molar-refractivity contribution is 7.81. The minimum absolute atomic E-state index is 0.314. The monoisotopic (exact) mass is 224 g/mol. The van der Waals surface area contributed by atoms with Crippen molar-refractivity contribution in [2.24, 2.45) is 0 Å². The van der Waals surface area contributed by atoms with Crippen molar-refractivity contribution in [3.63, 3.8) is 0 Å². The van der Waals surface area contributed by atoms with Gasteiger partial charge in [-0.2, -0.15) is 0 Å². The molecule has 0 radical (unpaired) electrons. The van der Waals surface area contributed by atoms with Crippen molar-refractivity contribution < 1.29 is 9.90 Å². The molecule has 0 amide bonds. The topological polar surface area (TPSA) is 37.3 Å². The van der Waals surface area contributed by atoms with Gasteiger partial charge >= 0.3 is 5.97 Å². The maximum absolute atomic E-state index is 10.8. The lowest BCUT2D eigenvalue weighted by atomic mass is 10.2. The van der Waals surface area contributed by atoms with Crippen LogP contribution in [0.3, 0.4) is 0 Å². The first-order chi connectivity index (χ1) is 6.59. The molecule has 0 saturated carbocycles. The number of benzene rings is 1. The van der Waals surface area contributed by atoms with Crippen LogP contribution in [-0.2, 0) is 0 Å². The molecule has 1 aromatic heterocycles. The van der Waals surface area contributed by atoms with E-state index in [1.54, 1.807) is 0 Å². The third-order valence-corrected chi connectivity index (χ3v) is 3.79. The third-order valence-electron chi connectivity index (χ3n) is 2.01. The third kappa shape index (κ3) is 1.40. The van der Waals surface area contributed by atoms with Gasteiger partial charge in [-0.05, 0) is 19.1 Å². The molecule has 1 heterocycles. The molecule has 0 aliphatic heterocycles. The molecule has 14 heavy (non-hydrogen) atoms. The summed E-state index contributed by atoms with van der Waals surface area (Å²) >= 11 is 5.50. The summed E-state index contributed by atoms with van der Waals surface area (Å²) in [5.74, 6) is -0.908. The van der Waals surface area contributed by atoms with Crippen LogP contribution in [-0.4, -0.2) is 11.1 Å². The standard InChI is InChI=1S/C10H8O2S2/c1-5-2-3-7-6(4-5)8(13)9(14-7)10(11)12/h2-4,13H,1H3,(H,11,12). The number of carbonyl (C=O) groups is 1. The minimum Gasteiger partial charge on any atom is -0.477 e. The first kappa shape index (κ1) is 9.55. The molecule has 2 rings (SSSR count). The zero-order valence-corrected chi connectivity index (χ0v) is 9.15. The average molecular weight is 224 g/mol. The summed E-state index contributed by atoms with van der Waals surface area (Å²) in [6.45, 7) is 1.98. The van der Waals surface area contributed by atoms with Crippen LogP contribution in [0.15, 0.2) is 23.1 Å². The molecule has 0 spiro atoms. The summed E-state index contributed by atoms with van der Waals surface area (Å²) in [6.07, 6.45) is 0. The number of thiophene rings is 1. The second-order valence-electron chi connectivity index (χ2n) is 3.08. The predicted molar refractivity (Wildman–Crippen MR) is 60.8 cm³/mol. The van der Waals surface area contributed by atoms with Crippen LogP contribution in [0.5, 0.6) is 0 Å². The summed E-state index contributed by atoms with van der Waals surface area (Å²) in [5, 5.41) is 9.82. The minimum atomic E-state index is -0.908. The molecule has 1 N–H and O–H groups in total. The van der Waals surface area contributed by atoms with Gasteiger partial charge in [-0.1, -0.05) is 11.6 Å². The largest absolute Gasteiger partial charge is 0.477 e. The Kier molecular flexibility index (Phi) is 2.25. The second-order valence-corrected chi connectivity index (χ2v) is 4.58. The number of thiol groups is 1. The van der Waals surface area contributed by atoms with Crippen LogP contribution >= 0.6 is 24.0 Å². The fourth-order valence-electron chi connectivity index (χ4n) is 1.34. The number of hydrogen-bond acceptors (Lipinski definition) is 3. The molecule has 0 aliphatic rings. The summed E-state index contributed by atoms with van der Waals surface area (Å²) in [7, 11) is 0. The van der Waals surface area contributed by atoms with Crippen LogP contribution in [0.4, 0.5) is 0 Å².